The van der Waals surface area contributed by atoms with Crippen LogP contribution < -0.4 is 0 Å². The van der Waals surface area contributed by atoms with E-state index in [4.69, 9.17) is 21.2 Å². The third-order valence-electron chi connectivity index (χ3n) is 2.30. The molecular formula is C18H42Ga2O6. The first-order chi connectivity index (χ1) is 11.8. The molecule has 0 fully saturated rings. The van der Waals surface area contributed by atoms with E-state index < -0.39 is 34.6 Å². The van der Waals surface area contributed by atoms with Crippen molar-refractivity contribution >= 4 is 34.6 Å². The van der Waals surface area contributed by atoms with Gasteiger partial charge in [0.05, 0.1) is 0 Å². The zero-order valence-electron chi connectivity index (χ0n) is 19.1. The summed E-state index contributed by atoms with van der Waals surface area (Å²) in [5.41, 5.74) is 0. The van der Waals surface area contributed by atoms with E-state index in [0.29, 0.717) is 0 Å². The summed E-state index contributed by atoms with van der Waals surface area (Å²) in [4.78, 5) is 0. The van der Waals surface area contributed by atoms with E-state index in [0.717, 1.165) is 0 Å². The van der Waals surface area contributed by atoms with Gasteiger partial charge in [0.15, 0.2) is 0 Å². The third-order valence-corrected chi connectivity index (χ3v) is 11.9. The summed E-state index contributed by atoms with van der Waals surface area (Å²) in [6, 6.07) is 0. The Bertz CT molecular complexity index is 235. The summed E-state index contributed by atoms with van der Waals surface area (Å²) in [7, 11) is 0. The van der Waals surface area contributed by atoms with Crippen molar-refractivity contribution in [1.82, 2.24) is 0 Å². The minimum atomic E-state index is -2.39. The van der Waals surface area contributed by atoms with Crippen LogP contribution in [0.1, 0.15) is 83.1 Å². The maximum absolute atomic E-state index is 5.62. The first-order valence-corrected chi connectivity index (χ1v) is 15.7. The number of hydrogen-bond donors (Lipinski definition) is 0. The molecule has 0 atom stereocenters. The Balaban J connectivity index is 0. The first-order valence-electron chi connectivity index (χ1n) is 9.76. The van der Waals surface area contributed by atoms with Crippen molar-refractivity contribution in [2.24, 2.45) is 0 Å². The van der Waals surface area contributed by atoms with Gasteiger partial charge in [0.25, 0.3) is 0 Å². The van der Waals surface area contributed by atoms with E-state index >= 15 is 0 Å². The Kier molecular flexibility index (Phi) is 19.0. The van der Waals surface area contributed by atoms with Gasteiger partial charge >= 0.3 is 176 Å². The third kappa shape index (κ3) is 23.1. The second-order valence-electron chi connectivity index (χ2n) is 7.69. The van der Waals surface area contributed by atoms with Gasteiger partial charge in [-0.05, 0) is 0 Å². The molecule has 0 radical (unpaired) electrons. The quantitative estimate of drug-likeness (QED) is 0.373. The van der Waals surface area contributed by atoms with Crippen molar-refractivity contribution in [3.63, 3.8) is 0 Å². The van der Waals surface area contributed by atoms with Crippen LogP contribution in [0.4, 0.5) is 0 Å². The molecule has 156 valence electrons. The van der Waals surface area contributed by atoms with Gasteiger partial charge in [0.2, 0.25) is 0 Å². The Hall–Kier alpha value is 1.03. The molecule has 0 aromatic carbocycles. The van der Waals surface area contributed by atoms with Gasteiger partial charge in [-0.25, -0.2) is 0 Å². The fraction of sp³-hybridized carbons (Fsp3) is 1.00. The van der Waals surface area contributed by atoms with E-state index in [1.165, 1.54) is 0 Å². The Morgan fingerprint density at radius 1 is 0.308 bits per heavy atom. The van der Waals surface area contributed by atoms with Crippen LogP contribution in [0.2, 0.25) is 0 Å². The van der Waals surface area contributed by atoms with Crippen LogP contribution in [0, 0.1) is 0 Å². The molecule has 0 heterocycles. The minimum absolute atomic E-state index is 0.197. The fourth-order valence-corrected chi connectivity index (χ4v) is 7.93. The van der Waals surface area contributed by atoms with E-state index in [2.05, 4.69) is 0 Å². The van der Waals surface area contributed by atoms with Gasteiger partial charge in [0, 0.05) is 0 Å². The molecule has 0 aliphatic rings. The monoisotopic (exact) mass is 492 g/mol. The van der Waals surface area contributed by atoms with Crippen molar-refractivity contribution < 1.29 is 21.2 Å². The summed E-state index contributed by atoms with van der Waals surface area (Å²) in [5, 5.41) is 0. The van der Waals surface area contributed by atoms with Crippen molar-refractivity contribution in [2.45, 2.75) is 120 Å². The van der Waals surface area contributed by atoms with Crippen molar-refractivity contribution in [2.75, 3.05) is 0 Å². The van der Waals surface area contributed by atoms with E-state index in [9.17, 15) is 0 Å². The maximum atomic E-state index is 5.62. The molecule has 0 amide bonds. The molecule has 0 aliphatic carbocycles. The molecule has 6 nitrogen and oxygen atoms in total. The van der Waals surface area contributed by atoms with Crippen molar-refractivity contribution in [1.29, 1.82) is 0 Å². The van der Waals surface area contributed by atoms with Crippen LogP contribution in [-0.4, -0.2) is 71.2 Å². The average molecular weight is 494 g/mol. The molecule has 0 N–H and O–H groups in total. The van der Waals surface area contributed by atoms with Gasteiger partial charge in [-0.1, -0.05) is 0 Å². The van der Waals surface area contributed by atoms with Crippen LogP contribution in [0.15, 0.2) is 0 Å². The summed E-state index contributed by atoms with van der Waals surface area (Å²) < 4.78 is 33.7. The molecule has 0 saturated heterocycles. The second-order valence-corrected chi connectivity index (χ2v) is 13.5. The molecule has 0 aromatic heterocycles. The van der Waals surface area contributed by atoms with Gasteiger partial charge in [0.1, 0.15) is 0 Å². The Labute approximate surface area is 175 Å². The summed E-state index contributed by atoms with van der Waals surface area (Å²) in [6.45, 7) is 24.1. The predicted molar refractivity (Wildman–Crippen MR) is 109 cm³/mol. The van der Waals surface area contributed by atoms with Crippen molar-refractivity contribution in [3.8, 4) is 0 Å². The van der Waals surface area contributed by atoms with Gasteiger partial charge < -0.3 is 0 Å². The second kappa shape index (κ2) is 16.9. The van der Waals surface area contributed by atoms with Gasteiger partial charge in [-0.2, -0.15) is 0 Å². The number of rotatable bonds is 12. The molecule has 26 heavy (non-hydrogen) atoms. The molecule has 0 spiro atoms. The predicted octanol–water partition coefficient (Wildman–Crippen LogP) is 4.49. The molecule has 0 aromatic rings. The standard InChI is InChI=1S/6C3H7O.2Ga/c6*1-3(2)4;;/h6*3H,1-2H3;;/q6*-1;2*+3. The number of hydrogen-bond acceptors (Lipinski definition) is 6. The van der Waals surface area contributed by atoms with Crippen LogP contribution in [0.3, 0.4) is 0 Å². The van der Waals surface area contributed by atoms with Crippen LogP contribution in [-0.2, 0) is 21.2 Å². The zero-order valence-corrected chi connectivity index (χ0v) is 23.9. The summed E-state index contributed by atoms with van der Waals surface area (Å²) in [6.07, 6.45) is 1.18. The normalized spacial score (nSPS) is 11.8. The zero-order chi connectivity index (χ0) is 20.9. The molecule has 0 bridgehead atoms. The summed E-state index contributed by atoms with van der Waals surface area (Å²) >= 11 is -4.77. The molecule has 0 unspecified atom stereocenters. The Morgan fingerprint density at radius 2 is 0.423 bits per heavy atom. The van der Waals surface area contributed by atoms with E-state index in [1.807, 2.05) is 83.1 Å². The SMILES string of the molecule is CC(C)[O][Ga]([O]C(C)C)[O]C(C)C.CC(C)[O][Ga]([O]C(C)C)[O]C(C)C. The van der Waals surface area contributed by atoms with E-state index in [-0.39, 0.29) is 36.6 Å². The van der Waals surface area contributed by atoms with Crippen molar-refractivity contribution in [3.05, 3.63) is 0 Å². The van der Waals surface area contributed by atoms with E-state index in [1.54, 1.807) is 0 Å². The van der Waals surface area contributed by atoms with Gasteiger partial charge in [-0.3, -0.25) is 0 Å². The Morgan fingerprint density at radius 3 is 0.500 bits per heavy atom. The summed E-state index contributed by atoms with van der Waals surface area (Å²) in [5.74, 6) is 0. The molecular weight excluding hydrogens is 452 g/mol. The molecule has 0 saturated carbocycles. The van der Waals surface area contributed by atoms with Crippen LogP contribution in [0.5, 0.6) is 0 Å². The first kappa shape index (κ1) is 29.2. The van der Waals surface area contributed by atoms with Crippen LogP contribution >= 0.6 is 0 Å². The topological polar surface area (TPSA) is 55.4 Å². The molecule has 0 aliphatic heterocycles. The van der Waals surface area contributed by atoms with Crippen LogP contribution in [0.25, 0.3) is 0 Å². The van der Waals surface area contributed by atoms with Gasteiger partial charge in [-0.15, -0.1) is 0 Å². The average Bonchev–Trinajstić information content (AvgIpc) is 2.33. The molecule has 0 rings (SSSR count). The molecule has 8 heteroatoms. The fourth-order valence-electron chi connectivity index (χ4n) is 1.53.